The summed E-state index contributed by atoms with van der Waals surface area (Å²) in [4.78, 5) is 28.8. The highest BCUT2D eigenvalue weighted by atomic mass is 35.5. The van der Waals surface area contributed by atoms with Crippen LogP contribution in [0.5, 0.6) is 5.75 Å². The van der Waals surface area contributed by atoms with Gasteiger partial charge in [-0.05, 0) is 73.2 Å². The summed E-state index contributed by atoms with van der Waals surface area (Å²) in [6.45, 7) is 1.33. The number of nitrogens with zero attached hydrogens (tertiary/aromatic N) is 2. The molecular weight excluding hydrogens is 640 g/mol. The number of sulfonamides is 1. The largest absolute Gasteiger partial charge is 0.494 e. The summed E-state index contributed by atoms with van der Waals surface area (Å²) in [6, 6.07) is 23.4. The fourth-order valence-corrected chi connectivity index (χ4v) is 6.64. The third-order valence-electron chi connectivity index (χ3n) is 7.02. The highest BCUT2D eigenvalue weighted by Crippen LogP contribution is 2.30. The number of likely N-dealkylation sites (N-methyl/N-ethyl adjacent to an activating group) is 1. The lowest BCUT2D eigenvalue weighted by Gasteiger charge is -2.34. The second kappa shape index (κ2) is 15.2. The molecular formula is C33H32Cl2FN3O5S. The van der Waals surface area contributed by atoms with Crippen LogP contribution in [0.4, 0.5) is 10.1 Å². The highest BCUT2D eigenvalue weighted by Gasteiger charge is 2.35. The molecule has 0 heterocycles. The monoisotopic (exact) mass is 671 g/mol. The number of hydrogen-bond donors (Lipinski definition) is 1. The molecule has 0 fully saturated rings. The van der Waals surface area contributed by atoms with Gasteiger partial charge in [-0.2, -0.15) is 0 Å². The lowest BCUT2D eigenvalue weighted by atomic mass is 10.0. The van der Waals surface area contributed by atoms with E-state index in [1.165, 1.54) is 24.1 Å². The van der Waals surface area contributed by atoms with Crippen LogP contribution in [0.15, 0.2) is 102 Å². The molecule has 0 aliphatic rings. The Balaban J connectivity index is 1.81. The summed E-state index contributed by atoms with van der Waals surface area (Å²) in [5.41, 5.74) is 1.33. The smallest absolute Gasteiger partial charge is 0.264 e. The van der Waals surface area contributed by atoms with Crippen LogP contribution in [0.3, 0.4) is 0 Å². The van der Waals surface area contributed by atoms with Crippen molar-refractivity contribution in [2.45, 2.75) is 30.8 Å². The van der Waals surface area contributed by atoms with Gasteiger partial charge >= 0.3 is 0 Å². The van der Waals surface area contributed by atoms with Crippen molar-refractivity contribution in [3.63, 3.8) is 0 Å². The number of halogens is 3. The average Bonchev–Trinajstić information content (AvgIpc) is 3.03. The molecule has 2 amide bonds. The minimum absolute atomic E-state index is 0.127. The van der Waals surface area contributed by atoms with Gasteiger partial charge in [0.05, 0.1) is 17.2 Å². The van der Waals surface area contributed by atoms with Crippen LogP contribution < -0.4 is 14.4 Å². The first-order valence-corrected chi connectivity index (χ1v) is 16.2. The van der Waals surface area contributed by atoms with E-state index in [9.17, 15) is 22.4 Å². The number of hydrogen-bond acceptors (Lipinski definition) is 5. The van der Waals surface area contributed by atoms with E-state index in [0.717, 1.165) is 34.1 Å². The second-order valence-electron chi connectivity index (χ2n) is 9.93. The van der Waals surface area contributed by atoms with E-state index < -0.39 is 40.2 Å². The van der Waals surface area contributed by atoms with Gasteiger partial charge in [0.2, 0.25) is 11.8 Å². The van der Waals surface area contributed by atoms with Gasteiger partial charge in [0.15, 0.2) is 0 Å². The van der Waals surface area contributed by atoms with E-state index in [-0.39, 0.29) is 33.6 Å². The molecule has 0 saturated heterocycles. The lowest BCUT2D eigenvalue weighted by Crippen LogP contribution is -2.53. The van der Waals surface area contributed by atoms with Crippen LogP contribution in [0.25, 0.3) is 0 Å². The molecule has 45 heavy (non-hydrogen) atoms. The van der Waals surface area contributed by atoms with Gasteiger partial charge < -0.3 is 15.0 Å². The summed E-state index contributed by atoms with van der Waals surface area (Å²) in [5.74, 6) is -1.28. The second-order valence-corrected chi connectivity index (χ2v) is 12.6. The zero-order valence-electron chi connectivity index (χ0n) is 24.6. The fourth-order valence-electron chi connectivity index (χ4n) is 4.71. The van der Waals surface area contributed by atoms with Gasteiger partial charge in [-0.25, -0.2) is 12.8 Å². The van der Waals surface area contributed by atoms with Crippen molar-refractivity contribution >= 4 is 50.7 Å². The molecule has 0 saturated carbocycles. The van der Waals surface area contributed by atoms with Crippen molar-refractivity contribution in [1.29, 1.82) is 0 Å². The summed E-state index contributed by atoms with van der Waals surface area (Å²) in [6.07, 6.45) is 0.127. The number of anilines is 1. The van der Waals surface area contributed by atoms with Gasteiger partial charge in [0.1, 0.15) is 24.2 Å². The Morgan fingerprint density at radius 1 is 0.889 bits per heavy atom. The van der Waals surface area contributed by atoms with E-state index in [1.807, 2.05) is 37.3 Å². The van der Waals surface area contributed by atoms with Crippen LogP contribution in [0, 0.1) is 5.82 Å². The highest BCUT2D eigenvalue weighted by molar-refractivity contribution is 7.92. The molecule has 12 heteroatoms. The number of benzene rings is 4. The predicted octanol–water partition coefficient (Wildman–Crippen LogP) is 6.11. The van der Waals surface area contributed by atoms with Crippen LogP contribution in [-0.2, 0) is 32.6 Å². The van der Waals surface area contributed by atoms with Crippen LogP contribution in [0.2, 0.25) is 10.0 Å². The molecule has 1 N–H and O–H groups in total. The molecule has 4 aromatic carbocycles. The molecule has 0 radical (unpaired) electrons. The Morgan fingerprint density at radius 2 is 1.51 bits per heavy atom. The number of carbonyl (C=O) groups is 2. The van der Waals surface area contributed by atoms with Crippen molar-refractivity contribution in [3.05, 3.63) is 124 Å². The van der Waals surface area contributed by atoms with Crippen LogP contribution in [-0.4, -0.2) is 51.4 Å². The van der Waals surface area contributed by atoms with Crippen molar-refractivity contribution in [2.24, 2.45) is 0 Å². The van der Waals surface area contributed by atoms with E-state index in [0.29, 0.717) is 17.9 Å². The minimum Gasteiger partial charge on any atom is -0.494 e. The number of carbonyl (C=O) groups excluding carboxylic acids is 2. The summed E-state index contributed by atoms with van der Waals surface area (Å²) >= 11 is 13.0. The summed E-state index contributed by atoms with van der Waals surface area (Å²) < 4.78 is 48.2. The minimum atomic E-state index is -4.40. The SMILES string of the molecule is CCOc1ccc(N(CC(=O)N(Cc2c(Cl)cccc2Cl)C(Cc2ccccc2)C(=O)NC)S(=O)(=O)c2ccc(F)cc2)cc1. The standard InChI is InChI=1S/C33H32Cl2FN3O5S/c1-3-44-26-16-14-25(15-17-26)39(45(42,43)27-18-12-24(36)13-19-27)22-32(40)38(21-28-29(34)10-7-11-30(28)35)31(33(41)37-2)20-23-8-5-4-6-9-23/h4-19,31H,3,20-22H2,1-2H3,(H,37,41). The zero-order valence-corrected chi connectivity index (χ0v) is 26.9. The zero-order chi connectivity index (χ0) is 32.6. The number of nitrogens with one attached hydrogen (secondary N) is 1. The number of amides is 2. The normalized spacial score (nSPS) is 11.8. The topological polar surface area (TPSA) is 96.0 Å². The Labute approximate surface area is 272 Å². The maximum atomic E-state index is 14.4. The predicted molar refractivity (Wildman–Crippen MR) is 174 cm³/mol. The molecule has 0 aliphatic carbocycles. The number of ether oxygens (including phenoxy) is 1. The molecule has 0 aliphatic heterocycles. The van der Waals surface area contributed by atoms with Gasteiger partial charge in [-0.3, -0.25) is 13.9 Å². The van der Waals surface area contributed by atoms with Gasteiger partial charge in [-0.1, -0.05) is 59.6 Å². The van der Waals surface area contributed by atoms with Gasteiger partial charge in [0, 0.05) is 35.6 Å². The quantitative estimate of drug-likeness (QED) is 0.185. The van der Waals surface area contributed by atoms with Crippen molar-refractivity contribution in [2.75, 3.05) is 24.5 Å². The molecule has 0 bridgehead atoms. The van der Waals surface area contributed by atoms with Crippen LogP contribution >= 0.6 is 23.2 Å². The van der Waals surface area contributed by atoms with E-state index in [4.69, 9.17) is 27.9 Å². The fraction of sp³-hybridized carbons (Fsp3) is 0.212. The molecule has 0 aromatic heterocycles. The average molecular weight is 673 g/mol. The van der Waals surface area contributed by atoms with E-state index >= 15 is 0 Å². The molecule has 4 aromatic rings. The third kappa shape index (κ3) is 8.33. The molecule has 4 rings (SSSR count). The van der Waals surface area contributed by atoms with Crippen molar-refractivity contribution in [3.8, 4) is 5.75 Å². The first kappa shape index (κ1) is 33.8. The third-order valence-corrected chi connectivity index (χ3v) is 9.52. The molecule has 1 unspecified atom stereocenters. The maximum Gasteiger partial charge on any atom is 0.264 e. The molecule has 1 atom stereocenters. The Morgan fingerprint density at radius 3 is 2.09 bits per heavy atom. The Bertz CT molecular complexity index is 1700. The Hall–Kier alpha value is -4.12. The number of rotatable bonds is 13. The maximum absolute atomic E-state index is 14.4. The van der Waals surface area contributed by atoms with Crippen LogP contribution in [0.1, 0.15) is 18.1 Å². The molecule has 8 nitrogen and oxygen atoms in total. The van der Waals surface area contributed by atoms with Crippen molar-refractivity contribution in [1.82, 2.24) is 10.2 Å². The first-order chi connectivity index (χ1) is 21.5. The van der Waals surface area contributed by atoms with Gasteiger partial charge in [-0.15, -0.1) is 0 Å². The van der Waals surface area contributed by atoms with Gasteiger partial charge in [0.25, 0.3) is 10.0 Å². The molecule has 236 valence electrons. The van der Waals surface area contributed by atoms with E-state index in [1.54, 1.807) is 30.3 Å². The Kier molecular flexibility index (Phi) is 11.4. The van der Waals surface area contributed by atoms with E-state index in [2.05, 4.69) is 5.32 Å². The summed E-state index contributed by atoms with van der Waals surface area (Å²) in [5, 5.41) is 3.17. The van der Waals surface area contributed by atoms with Crippen molar-refractivity contribution < 1.29 is 27.1 Å². The molecule has 0 spiro atoms. The summed E-state index contributed by atoms with van der Waals surface area (Å²) in [7, 11) is -2.94. The first-order valence-electron chi connectivity index (χ1n) is 14.0. The lowest BCUT2D eigenvalue weighted by molar-refractivity contribution is -0.139.